The fourth-order valence-corrected chi connectivity index (χ4v) is 1.87. The molecule has 1 N–H and O–H groups in total. The Morgan fingerprint density at radius 2 is 1.82 bits per heavy atom. The first kappa shape index (κ1) is 16.2. The van der Waals surface area contributed by atoms with Crippen LogP contribution in [0.25, 0.3) is 5.70 Å². The summed E-state index contributed by atoms with van der Waals surface area (Å²) in [6, 6.07) is 11.5. The fraction of sp³-hybridized carbons (Fsp3) is 0.0667. The van der Waals surface area contributed by atoms with Gasteiger partial charge in [-0.05, 0) is 29.8 Å². The number of rotatable bonds is 4. The smallest absolute Gasteiger partial charge is 0.340 e. The number of nitrogens with zero attached hydrogens (tertiary/aromatic N) is 1. The number of hydrogen-bond donors (Lipinski definition) is 1. The van der Waals surface area contributed by atoms with Gasteiger partial charge in [0, 0.05) is 16.7 Å². The fourth-order valence-electron chi connectivity index (χ4n) is 1.61. The van der Waals surface area contributed by atoms with Crippen molar-refractivity contribution in [3.8, 4) is 0 Å². The highest BCUT2D eigenvalue weighted by atomic mass is 79.9. The lowest BCUT2D eigenvalue weighted by atomic mass is 10.1. The third-order valence-corrected chi connectivity index (χ3v) is 3.17. The van der Waals surface area contributed by atoms with Crippen molar-refractivity contribution in [3.05, 3.63) is 64.8 Å². The number of allylic oxidation sites excluding steroid dienone is 1. The zero-order chi connectivity index (χ0) is 16.2. The Morgan fingerprint density at radius 1 is 1.14 bits per heavy atom. The van der Waals surface area contributed by atoms with Gasteiger partial charge in [-0.15, -0.1) is 0 Å². The van der Waals surface area contributed by atoms with E-state index in [1.807, 2.05) is 0 Å². The predicted molar refractivity (Wildman–Crippen MR) is 81.0 cm³/mol. The molecular formula is C15H10BrF3N2O. The molecule has 0 radical (unpaired) electrons. The van der Waals surface area contributed by atoms with Crippen molar-refractivity contribution in [1.29, 1.82) is 0 Å². The molecule has 0 spiro atoms. The molecule has 2 rings (SSSR count). The summed E-state index contributed by atoms with van der Waals surface area (Å²) in [6.07, 6.45) is -2.91. The quantitative estimate of drug-likeness (QED) is 0.809. The Balaban J connectivity index is 2.38. The molecule has 2 aromatic rings. The van der Waals surface area contributed by atoms with E-state index in [1.165, 1.54) is 6.20 Å². The van der Waals surface area contributed by atoms with Gasteiger partial charge in [0.1, 0.15) is 5.82 Å². The third kappa shape index (κ3) is 4.42. The lowest BCUT2D eigenvalue weighted by Crippen LogP contribution is -2.21. The number of halogens is 4. The molecule has 114 valence electrons. The van der Waals surface area contributed by atoms with E-state index < -0.39 is 12.0 Å². The van der Waals surface area contributed by atoms with Crippen LogP contribution in [0.1, 0.15) is 5.56 Å². The largest absolute Gasteiger partial charge is 0.454 e. The van der Waals surface area contributed by atoms with Crippen LogP contribution >= 0.6 is 15.9 Å². The standard InChI is InChI=1S/C15H10BrF3N2O/c16-11-6-4-10(5-7-11)12(9-13(22)15(17,18)19)21-14-3-1-2-8-20-14/h1-9H,(H,20,21)/b12-9+. The van der Waals surface area contributed by atoms with Gasteiger partial charge in [0.05, 0.1) is 5.70 Å². The number of nitrogens with one attached hydrogen (secondary N) is 1. The van der Waals surface area contributed by atoms with Crippen LogP contribution in [0.5, 0.6) is 0 Å². The number of hydrogen-bond acceptors (Lipinski definition) is 3. The number of aromatic nitrogens is 1. The Morgan fingerprint density at radius 3 is 2.36 bits per heavy atom. The van der Waals surface area contributed by atoms with Gasteiger partial charge in [0.25, 0.3) is 5.78 Å². The van der Waals surface area contributed by atoms with Gasteiger partial charge in [-0.1, -0.05) is 34.1 Å². The first-order valence-corrected chi connectivity index (χ1v) is 6.92. The molecule has 0 saturated carbocycles. The van der Waals surface area contributed by atoms with Gasteiger partial charge in [0.15, 0.2) is 0 Å². The molecule has 22 heavy (non-hydrogen) atoms. The van der Waals surface area contributed by atoms with Crippen molar-refractivity contribution in [2.24, 2.45) is 0 Å². The van der Waals surface area contributed by atoms with Gasteiger partial charge in [-0.25, -0.2) is 4.98 Å². The van der Waals surface area contributed by atoms with Gasteiger partial charge in [-0.3, -0.25) is 4.79 Å². The minimum absolute atomic E-state index is 0.0218. The Bertz CT molecular complexity index is 682. The van der Waals surface area contributed by atoms with Gasteiger partial charge >= 0.3 is 6.18 Å². The zero-order valence-corrected chi connectivity index (χ0v) is 12.6. The average molecular weight is 371 g/mol. The highest BCUT2D eigenvalue weighted by Crippen LogP contribution is 2.23. The molecule has 3 nitrogen and oxygen atoms in total. The second-order valence-electron chi connectivity index (χ2n) is 4.27. The summed E-state index contributed by atoms with van der Waals surface area (Å²) in [5, 5.41) is 2.73. The number of carbonyl (C=O) groups is 1. The number of benzene rings is 1. The third-order valence-electron chi connectivity index (χ3n) is 2.64. The van der Waals surface area contributed by atoms with Crippen LogP contribution in [-0.4, -0.2) is 16.9 Å². The number of anilines is 1. The van der Waals surface area contributed by atoms with Crippen molar-refractivity contribution in [1.82, 2.24) is 4.98 Å². The van der Waals surface area contributed by atoms with E-state index in [2.05, 4.69) is 26.2 Å². The number of carbonyl (C=O) groups excluding carboxylic acids is 1. The van der Waals surface area contributed by atoms with Crippen LogP contribution in [-0.2, 0) is 4.79 Å². The van der Waals surface area contributed by atoms with E-state index in [-0.39, 0.29) is 5.70 Å². The lowest BCUT2D eigenvalue weighted by Gasteiger charge is -2.11. The van der Waals surface area contributed by atoms with Crippen LogP contribution in [0.4, 0.5) is 19.0 Å². The molecule has 0 saturated heterocycles. The Hall–Kier alpha value is -2.15. The van der Waals surface area contributed by atoms with Gasteiger partial charge in [-0.2, -0.15) is 13.2 Å². The van der Waals surface area contributed by atoms with E-state index in [1.54, 1.807) is 42.5 Å². The molecule has 0 fully saturated rings. The highest BCUT2D eigenvalue weighted by molar-refractivity contribution is 9.10. The SMILES string of the molecule is O=C(/C=C(/Nc1ccccn1)c1ccc(Br)cc1)C(F)(F)F. The van der Waals surface area contributed by atoms with E-state index in [0.717, 1.165) is 4.47 Å². The van der Waals surface area contributed by atoms with Crippen molar-refractivity contribution in [2.45, 2.75) is 6.18 Å². The highest BCUT2D eigenvalue weighted by Gasteiger charge is 2.36. The predicted octanol–water partition coefficient (Wildman–Crippen LogP) is 4.43. The molecule has 0 atom stereocenters. The zero-order valence-electron chi connectivity index (χ0n) is 11.1. The summed E-state index contributed by atoms with van der Waals surface area (Å²) in [4.78, 5) is 15.2. The maximum atomic E-state index is 12.5. The van der Waals surface area contributed by atoms with Crippen LogP contribution in [0.15, 0.2) is 59.2 Å². The van der Waals surface area contributed by atoms with Crippen LogP contribution < -0.4 is 5.32 Å². The maximum absolute atomic E-state index is 12.5. The summed E-state index contributed by atoms with van der Waals surface area (Å²) < 4.78 is 38.2. The van der Waals surface area contributed by atoms with Crippen LogP contribution in [0.3, 0.4) is 0 Å². The van der Waals surface area contributed by atoms with Crippen molar-refractivity contribution < 1.29 is 18.0 Å². The lowest BCUT2D eigenvalue weighted by molar-refractivity contribution is -0.165. The maximum Gasteiger partial charge on any atom is 0.454 e. The average Bonchev–Trinajstić information content (AvgIpc) is 2.47. The normalized spacial score (nSPS) is 12.1. The molecular weight excluding hydrogens is 361 g/mol. The minimum Gasteiger partial charge on any atom is -0.340 e. The molecule has 1 aromatic carbocycles. The van der Waals surface area contributed by atoms with Crippen molar-refractivity contribution >= 4 is 33.2 Å². The second kappa shape index (κ2) is 6.74. The van der Waals surface area contributed by atoms with Crippen molar-refractivity contribution in [3.63, 3.8) is 0 Å². The molecule has 7 heteroatoms. The summed E-state index contributed by atoms with van der Waals surface area (Å²) in [5.41, 5.74) is 0.458. The Kier molecular flexibility index (Phi) is 4.97. The van der Waals surface area contributed by atoms with E-state index in [4.69, 9.17) is 0 Å². The van der Waals surface area contributed by atoms with Crippen molar-refractivity contribution in [2.75, 3.05) is 5.32 Å². The molecule has 1 heterocycles. The molecule has 0 aliphatic rings. The number of pyridine rings is 1. The van der Waals surface area contributed by atoms with Crippen LogP contribution in [0.2, 0.25) is 0 Å². The number of alkyl halides is 3. The second-order valence-corrected chi connectivity index (χ2v) is 5.18. The topological polar surface area (TPSA) is 42.0 Å². The van der Waals surface area contributed by atoms with E-state index >= 15 is 0 Å². The summed E-state index contributed by atoms with van der Waals surface area (Å²) >= 11 is 3.24. The van der Waals surface area contributed by atoms with Gasteiger partial charge in [0.2, 0.25) is 0 Å². The van der Waals surface area contributed by atoms with E-state index in [0.29, 0.717) is 17.5 Å². The summed E-state index contributed by atoms with van der Waals surface area (Å²) in [7, 11) is 0. The summed E-state index contributed by atoms with van der Waals surface area (Å²) in [6.45, 7) is 0. The molecule has 0 aliphatic heterocycles. The number of ketones is 1. The first-order chi connectivity index (χ1) is 10.4. The molecule has 0 aliphatic carbocycles. The molecule has 0 bridgehead atoms. The Labute approximate surface area is 133 Å². The first-order valence-electron chi connectivity index (χ1n) is 6.13. The monoisotopic (exact) mass is 370 g/mol. The summed E-state index contributed by atoms with van der Waals surface area (Å²) in [5.74, 6) is -1.60. The van der Waals surface area contributed by atoms with Crippen LogP contribution in [0, 0.1) is 0 Å². The minimum atomic E-state index is -4.92. The van der Waals surface area contributed by atoms with Gasteiger partial charge < -0.3 is 5.32 Å². The van der Waals surface area contributed by atoms with E-state index in [9.17, 15) is 18.0 Å². The molecule has 1 aromatic heterocycles. The molecule has 0 unspecified atom stereocenters. The molecule has 0 amide bonds.